The Morgan fingerprint density at radius 3 is 2.69 bits per heavy atom. The summed E-state index contributed by atoms with van der Waals surface area (Å²) in [5.41, 5.74) is 0.158. The zero-order valence-electron chi connectivity index (χ0n) is 8.45. The molecule has 0 fully saturated rings. The minimum Gasteiger partial charge on any atom is -0.506 e. The number of phenols is 1. The number of hydrogen-bond donors (Lipinski definition) is 1. The van der Waals surface area contributed by atoms with E-state index in [1.54, 1.807) is 0 Å². The molecule has 0 aliphatic heterocycles. The molecule has 0 aromatic heterocycles. The van der Waals surface area contributed by atoms with Crippen LogP contribution in [0.4, 0.5) is 8.78 Å². The van der Waals surface area contributed by atoms with Crippen molar-refractivity contribution in [3.63, 3.8) is 0 Å². The molecule has 16 heavy (non-hydrogen) atoms. The van der Waals surface area contributed by atoms with Crippen molar-refractivity contribution in [2.45, 2.75) is 6.43 Å². The van der Waals surface area contributed by atoms with Gasteiger partial charge in [-0.05, 0) is 18.2 Å². The number of phenolic OH excluding ortho intramolecular Hbond substituents is 1. The molecule has 0 aliphatic carbocycles. The molecule has 0 bridgehead atoms. The molecule has 1 aromatic rings. The van der Waals surface area contributed by atoms with Gasteiger partial charge in [0, 0.05) is 12.6 Å². The van der Waals surface area contributed by atoms with Crippen LogP contribution in [0.3, 0.4) is 0 Å². The molecule has 88 valence electrons. The van der Waals surface area contributed by atoms with E-state index in [9.17, 15) is 13.6 Å². The summed E-state index contributed by atoms with van der Waals surface area (Å²) in [6.45, 7) is -0.642. The number of alkyl halides is 2. The molecule has 0 spiro atoms. The Hall–Kier alpha value is -1.36. The smallest absolute Gasteiger partial charge is 0.255 e. The maximum Gasteiger partial charge on any atom is 0.255 e. The van der Waals surface area contributed by atoms with Crippen molar-refractivity contribution in [2.75, 3.05) is 13.6 Å². The number of carbonyl (C=O) groups excluding carboxylic acids is 1. The minimum atomic E-state index is -2.58. The number of amides is 1. The number of hydrogen-bond acceptors (Lipinski definition) is 2. The Balaban J connectivity index is 2.84. The van der Waals surface area contributed by atoms with Gasteiger partial charge in [0.15, 0.2) is 0 Å². The SMILES string of the molecule is CN(CC(F)F)C(=O)c1ccc(O)c(Cl)c1. The monoisotopic (exact) mass is 249 g/mol. The lowest BCUT2D eigenvalue weighted by atomic mass is 10.2. The van der Waals surface area contributed by atoms with E-state index in [1.165, 1.54) is 25.2 Å². The highest BCUT2D eigenvalue weighted by Crippen LogP contribution is 2.24. The first-order chi connectivity index (χ1) is 7.41. The summed E-state index contributed by atoms with van der Waals surface area (Å²) < 4.78 is 24.1. The minimum absolute atomic E-state index is 0.0105. The predicted molar refractivity (Wildman–Crippen MR) is 56.1 cm³/mol. The summed E-state index contributed by atoms with van der Waals surface area (Å²) in [5.74, 6) is -0.725. The number of rotatable bonds is 3. The van der Waals surface area contributed by atoms with Crippen LogP contribution >= 0.6 is 11.6 Å². The highest BCUT2D eigenvalue weighted by molar-refractivity contribution is 6.32. The van der Waals surface area contributed by atoms with Gasteiger partial charge in [0.05, 0.1) is 11.6 Å². The molecule has 0 unspecified atom stereocenters. The first-order valence-electron chi connectivity index (χ1n) is 4.44. The van der Waals surface area contributed by atoms with Crippen molar-refractivity contribution >= 4 is 17.5 Å². The Labute approximate surface area is 96.2 Å². The molecule has 1 rings (SSSR count). The van der Waals surface area contributed by atoms with Crippen molar-refractivity contribution in [1.29, 1.82) is 0 Å². The molecular weight excluding hydrogens is 240 g/mol. The van der Waals surface area contributed by atoms with Gasteiger partial charge in [-0.15, -0.1) is 0 Å². The van der Waals surface area contributed by atoms with Gasteiger partial charge >= 0.3 is 0 Å². The maximum atomic E-state index is 12.0. The number of aromatic hydroxyl groups is 1. The van der Waals surface area contributed by atoms with Gasteiger partial charge in [0.1, 0.15) is 5.75 Å². The van der Waals surface area contributed by atoms with Gasteiger partial charge in [-0.25, -0.2) is 8.78 Å². The summed E-state index contributed by atoms with van der Waals surface area (Å²) in [4.78, 5) is 12.5. The average molecular weight is 250 g/mol. The summed E-state index contributed by atoms with van der Waals surface area (Å²) in [7, 11) is 1.27. The standard InChI is InChI=1S/C10H10ClF2NO2/c1-14(5-9(12)13)10(16)6-2-3-8(15)7(11)4-6/h2-4,9,15H,5H2,1H3. The fraction of sp³-hybridized carbons (Fsp3) is 0.300. The second-order valence-corrected chi connectivity index (χ2v) is 3.65. The van der Waals surface area contributed by atoms with E-state index in [-0.39, 0.29) is 16.3 Å². The Bertz CT molecular complexity index is 398. The molecule has 0 atom stereocenters. The Morgan fingerprint density at radius 1 is 1.56 bits per heavy atom. The van der Waals surface area contributed by atoms with E-state index < -0.39 is 18.9 Å². The maximum absolute atomic E-state index is 12.0. The zero-order chi connectivity index (χ0) is 12.3. The second kappa shape index (κ2) is 5.12. The van der Waals surface area contributed by atoms with Crippen LogP contribution in [0.15, 0.2) is 18.2 Å². The van der Waals surface area contributed by atoms with E-state index in [2.05, 4.69) is 0 Å². The van der Waals surface area contributed by atoms with Crippen LogP contribution in [0.5, 0.6) is 5.75 Å². The van der Waals surface area contributed by atoms with Gasteiger partial charge in [0.25, 0.3) is 12.3 Å². The topological polar surface area (TPSA) is 40.5 Å². The van der Waals surface area contributed by atoms with Crippen LogP contribution in [-0.4, -0.2) is 35.9 Å². The molecular formula is C10H10ClF2NO2. The fourth-order valence-corrected chi connectivity index (χ4v) is 1.33. The summed E-state index contributed by atoms with van der Waals surface area (Å²) in [5, 5.41) is 9.14. The second-order valence-electron chi connectivity index (χ2n) is 3.24. The third kappa shape index (κ3) is 3.06. The average Bonchev–Trinajstić information content (AvgIpc) is 2.20. The van der Waals surface area contributed by atoms with Crippen LogP contribution in [0.1, 0.15) is 10.4 Å². The number of halogens is 3. The third-order valence-corrected chi connectivity index (χ3v) is 2.26. The largest absolute Gasteiger partial charge is 0.506 e. The molecule has 1 N–H and O–H groups in total. The highest BCUT2D eigenvalue weighted by atomic mass is 35.5. The molecule has 3 nitrogen and oxygen atoms in total. The van der Waals surface area contributed by atoms with E-state index in [4.69, 9.17) is 16.7 Å². The normalized spacial score (nSPS) is 10.6. The summed E-state index contributed by atoms with van der Waals surface area (Å²) in [6, 6.07) is 3.80. The first-order valence-corrected chi connectivity index (χ1v) is 4.81. The van der Waals surface area contributed by atoms with Crippen LogP contribution < -0.4 is 0 Å². The molecule has 0 saturated heterocycles. The van der Waals surface area contributed by atoms with E-state index >= 15 is 0 Å². The van der Waals surface area contributed by atoms with E-state index in [1.807, 2.05) is 0 Å². The molecule has 0 aliphatic rings. The summed E-state index contributed by atoms with van der Waals surface area (Å²) >= 11 is 5.60. The molecule has 0 heterocycles. The fourth-order valence-electron chi connectivity index (χ4n) is 1.15. The highest BCUT2D eigenvalue weighted by Gasteiger charge is 2.16. The van der Waals surface area contributed by atoms with Gasteiger partial charge in [-0.3, -0.25) is 4.79 Å². The van der Waals surface area contributed by atoms with Crippen molar-refractivity contribution in [3.8, 4) is 5.75 Å². The van der Waals surface area contributed by atoms with E-state index in [0.29, 0.717) is 0 Å². The van der Waals surface area contributed by atoms with Crippen LogP contribution in [-0.2, 0) is 0 Å². The lowest BCUT2D eigenvalue weighted by molar-refractivity contribution is 0.0620. The third-order valence-electron chi connectivity index (χ3n) is 1.95. The van der Waals surface area contributed by atoms with Gasteiger partial charge < -0.3 is 10.0 Å². The predicted octanol–water partition coefficient (Wildman–Crippen LogP) is 2.38. The number of nitrogens with zero attached hydrogens (tertiary/aromatic N) is 1. The lowest BCUT2D eigenvalue weighted by Crippen LogP contribution is -2.31. The molecule has 1 amide bonds. The number of benzene rings is 1. The molecule has 1 aromatic carbocycles. The zero-order valence-corrected chi connectivity index (χ0v) is 9.21. The van der Waals surface area contributed by atoms with Crippen molar-refractivity contribution in [1.82, 2.24) is 4.90 Å². The quantitative estimate of drug-likeness (QED) is 0.894. The van der Waals surface area contributed by atoms with Gasteiger partial charge in [0.2, 0.25) is 0 Å². The molecule has 0 radical (unpaired) electrons. The van der Waals surface area contributed by atoms with Crippen LogP contribution in [0.25, 0.3) is 0 Å². The lowest BCUT2D eigenvalue weighted by Gasteiger charge is -2.16. The number of carbonyl (C=O) groups is 1. The Morgan fingerprint density at radius 2 is 2.19 bits per heavy atom. The van der Waals surface area contributed by atoms with Gasteiger partial charge in [-0.1, -0.05) is 11.6 Å². The van der Waals surface area contributed by atoms with Crippen LogP contribution in [0.2, 0.25) is 5.02 Å². The van der Waals surface area contributed by atoms with Crippen molar-refractivity contribution in [2.24, 2.45) is 0 Å². The first kappa shape index (κ1) is 12.7. The molecule has 0 saturated carbocycles. The van der Waals surface area contributed by atoms with E-state index in [0.717, 1.165) is 4.90 Å². The Kier molecular flexibility index (Phi) is 4.06. The van der Waals surface area contributed by atoms with Crippen molar-refractivity contribution in [3.05, 3.63) is 28.8 Å². The van der Waals surface area contributed by atoms with Gasteiger partial charge in [-0.2, -0.15) is 0 Å². The molecule has 6 heteroatoms. The van der Waals surface area contributed by atoms with Crippen LogP contribution in [0, 0.1) is 0 Å². The summed E-state index contributed by atoms with van der Waals surface area (Å²) in [6.07, 6.45) is -2.58. The van der Waals surface area contributed by atoms with Crippen molar-refractivity contribution < 1.29 is 18.7 Å².